The van der Waals surface area contributed by atoms with Crippen LogP contribution < -0.4 is 11.1 Å². The smallest absolute Gasteiger partial charge is 0.144 e. The van der Waals surface area contributed by atoms with Crippen LogP contribution in [-0.4, -0.2) is 4.98 Å². The minimum Gasteiger partial charge on any atom is -0.339 e. The number of nitrogens with zero attached hydrogens (tertiary/aromatic N) is 1. The van der Waals surface area contributed by atoms with E-state index in [0.717, 1.165) is 27.1 Å². The molecule has 0 aliphatic heterocycles. The van der Waals surface area contributed by atoms with Gasteiger partial charge in [0.1, 0.15) is 5.82 Å². The van der Waals surface area contributed by atoms with Crippen molar-refractivity contribution < 1.29 is 0 Å². The summed E-state index contributed by atoms with van der Waals surface area (Å²) in [7, 11) is 0. The molecule has 1 unspecified atom stereocenters. The van der Waals surface area contributed by atoms with Crippen LogP contribution in [0.2, 0.25) is 0 Å². The molecule has 0 aliphatic rings. The normalized spacial score (nSPS) is 12.2. The summed E-state index contributed by atoms with van der Waals surface area (Å²) < 4.78 is 0.976. The number of hydrogen-bond acceptors (Lipinski definition) is 3. The third-order valence-electron chi connectivity index (χ3n) is 2.79. The first-order valence-corrected chi connectivity index (χ1v) is 6.61. The van der Waals surface area contributed by atoms with Gasteiger partial charge in [0, 0.05) is 17.9 Å². The summed E-state index contributed by atoms with van der Waals surface area (Å²) in [5.74, 6) is 0.808. The van der Waals surface area contributed by atoms with Gasteiger partial charge in [-0.2, -0.15) is 0 Å². The first-order valence-electron chi connectivity index (χ1n) is 5.82. The van der Waals surface area contributed by atoms with Crippen LogP contribution >= 0.6 is 15.9 Å². The fourth-order valence-corrected chi connectivity index (χ4v) is 2.10. The van der Waals surface area contributed by atoms with Gasteiger partial charge in [0.05, 0.1) is 4.47 Å². The topological polar surface area (TPSA) is 50.9 Å². The van der Waals surface area contributed by atoms with Gasteiger partial charge in [0.25, 0.3) is 0 Å². The van der Waals surface area contributed by atoms with Crippen LogP contribution in [-0.2, 0) is 0 Å². The molecular weight excluding hydrogens is 290 g/mol. The average Bonchev–Trinajstić information content (AvgIpc) is 2.35. The Morgan fingerprint density at radius 1 is 1.28 bits per heavy atom. The van der Waals surface area contributed by atoms with Gasteiger partial charge in [-0.25, -0.2) is 4.98 Å². The maximum Gasteiger partial charge on any atom is 0.144 e. The van der Waals surface area contributed by atoms with Gasteiger partial charge in [0.2, 0.25) is 0 Å². The summed E-state index contributed by atoms with van der Waals surface area (Å²) in [4.78, 5) is 4.34. The zero-order chi connectivity index (χ0) is 13.1. The maximum absolute atomic E-state index is 5.96. The number of rotatable bonds is 3. The molecule has 1 aromatic carbocycles. The van der Waals surface area contributed by atoms with Crippen LogP contribution in [0.15, 0.2) is 41.0 Å². The van der Waals surface area contributed by atoms with E-state index >= 15 is 0 Å². The Balaban J connectivity index is 2.37. The molecule has 0 fully saturated rings. The van der Waals surface area contributed by atoms with E-state index in [2.05, 4.69) is 26.2 Å². The lowest BCUT2D eigenvalue weighted by atomic mass is 10.1. The Bertz CT molecular complexity index is 552. The molecule has 1 aromatic heterocycles. The number of nitrogens with one attached hydrogen (secondary N) is 1. The van der Waals surface area contributed by atoms with Gasteiger partial charge in [0.15, 0.2) is 0 Å². The first kappa shape index (κ1) is 13.1. The molecule has 0 radical (unpaired) electrons. The van der Waals surface area contributed by atoms with Crippen molar-refractivity contribution in [1.82, 2.24) is 4.98 Å². The van der Waals surface area contributed by atoms with E-state index in [1.54, 1.807) is 6.20 Å². The minimum absolute atomic E-state index is 0.0164. The van der Waals surface area contributed by atoms with Crippen LogP contribution in [0.1, 0.15) is 24.1 Å². The number of nitrogens with two attached hydrogens (primary N) is 1. The Kier molecular flexibility index (Phi) is 3.99. The van der Waals surface area contributed by atoms with Crippen molar-refractivity contribution in [2.45, 2.75) is 19.9 Å². The summed E-state index contributed by atoms with van der Waals surface area (Å²) >= 11 is 3.54. The Hall–Kier alpha value is -1.39. The van der Waals surface area contributed by atoms with E-state index in [9.17, 15) is 0 Å². The molecule has 94 valence electrons. The summed E-state index contributed by atoms with van der Waals surface area (Å²) in [6, 6.07) is 9.95. The highest BCUT2D eigenvalue weighted by molar-refractivity contribution is 9.10. The van der Waals surface area contributed by atoms with Crippen molar-refractivity contribution >= 4 is 27.4 Å². The third-order valence-corrected chi connectivity index (χ3v) is 3.79. The van der Waals surface area contributed by atoms with Crippen LogP contribution in [0, 0.1) is 6.92 Å². The number of benzene rings is 1. The minimum atomic E-state index is -0.0164. The molecule has 3 N–H and O–H groups in total. The lowest BCUT2D eigenvalue weighted by Gasteiger charge is -2.15. The van der Waals surface area contributed by atoms with Crippen molar-refractivity contribution in [2.24, 2.45) is 5.73 Å². The summed E-state index contributed by atoms with van der Waals surface area (Å²) in [5, 5.41) is 3.32. The highest BCUT2D eigenvalue weighted by atomic mass is 79.9. The van der Waals surface area contributed by atoms with E-state index in [1.807, 2.05) is 44.2 Å². The van der Waals surface area contributed by atoms with E-state index in [-0.39, 0.29) is 6.04 Å². The molecule has 0 bridgehead atoms. The van der Waals surface area contributed by atoms with Gasteiger partial charge in [-0.3, -0.25) is 0 Å². The number of halogens is 1. The maximum atomic E-state index is 5.96. The van der Waals surface area contributed by atoms with E-state index in [0.29, 0.717) is 0 Å². The first-order chi connectivity index (χ1) is 8.59. The van der Waals surface area contributed by atoms with E-state index in [1.165, 1.54) is 0 Å². The quantitative estimate of drug-likeness (QED) is 0.903. The molecule has 0 spiro atoms. The zero-order valence-corrected chi connectivity index (χ0v) is 12.0. The van der Waals surface area contributed by atoms with Crippen LogP contribution in [0.5, 0.6) is 0 Å². The molecular formula is C14H16BrN3. The number of para-hydroxylation sites is 1. The van der Waals surface area contributed by atoms with Gasteiger partial charge in [-0.05, 0) is 53.0 Å². The van der Waals surface area contributed by atoms with Crippen LogP contribution in [0.4, 0.5) is 11.5 Å². The van der Waals surface area contributed by atoms with Gasteiger partial charge in [-0.1, -0.05) is 18.2 Å². The lowest BCUT2D eigenvalue weighted by Crippen LogP contribution is -2.08. The molecule has 0 aliphatic carbocycles. The van der Waals surface area contributed by atoms with E-state index < -0.39 is 0 Å². The van der Waals surface area contributed by atoms with Crippen LogP contribution in [0.3, 0.4) is 0 Å². The molecule has 1 heterocycles. The zero-order valence-electron chi connectivity index (χ0n) is 10.4. The summed E-state index contributed by atoms with van der Waals surface area (Å²) in [6.07, 6.45) is 1.79. The highest BCUT2D eigenvalue weighted by Gasteiger charge is 2.09. The lowest BCUT2D eigenvalue weighted by molar-refractivity contribution is 0.820. The Morgan fingerprint density at radius 3 is 2.72 bits per heavy atom. The van der Waals surface area contributed by atoms with Crippen molar-refractivity contribution in [2.75, 3.05) is 5.32 Å². The Morgan fingerprint density at radius 2 is 2.00 bits per heavy atom. The number of anilines is 2. The molecule has 18 heavy (non-hydrogen) atoms. The van der Waals surface area contributed by atoms with Crippen molar-refractivity contribution in [3.05, 3.63) is 52.1 Å². The van der Waals surface area contributed by atoms with Crippen molar-refractivity contribution in [3.63, 3.8) is 0 Å². The molecule has 0 amide bonds. The fraction of sp³-hybridized carbons (Fsp3) is 0.214. The second-order valence-electron chi connectivity index (χ2n) is 4.29. The SMILES string of the molecule is Cc1ccnc(Nc2ccccc2C(C)N)c1Br. The van der Waals surface area contributed by atoms with E-state index in [4.69, 9.17) is 5.73 Å². The molecule has 2 rings (SSSR count). The monoisotopic (exact) mass is 305 g/mol. The molecule has 3 nitrogen and oxygen atoms in total. The van der Waals surface area contributed by atoms with Gasteiger partial charge >= 0.3 is 0 Å². The standard InChI is InChI=1S/C14H16BrN3/c1-9-7-8-17-14(13(9)15)18-12-6-4-3-5-11(12)10(2)16/h3-8,10H,16H2,1-2H3,(H,17,18). The third kappa shape index (κ3) is 2.71. The van der Waals surface area contributed by atoms with Crippen molar-refractivity contribution in [1.29, 1.82) is 0 Å². The highest BCUT2D eigenvalue weighted by Crippen LogP contribution is 2.29. The average molecular weight is 306 g/mol. The second kappa shape index (κ2) is 5.50. The molecule has 0 saturated carbocycles. The fourth-order valence-electron chi connectivity index (χ4n) is 1.76. The van der Waals surface area contributed by atoms with Crippen molar-refractivity contribution in [3.8, 4) is 0 Å². The number of hydrogen-bond donors (Lipinski definition) is 2. The Labute approximate surface area is 116 Å². The number of pyridine rings is 1. The predicted molar refractivity (Wildman–Crippen MR) is 79.0 cm³/mol. The molecule has 2 aromatic rings. The largest absolute Gasteiger partial charge is 0.339 e. The molecule has 1 atom stereocenters. The summed E-state index contributed by atoms with van der Waals surface area (Å²) in [6.45, 7) is 4.01. The number of aryl methyl sites for hydroxylation is 1. The predicted octanol–water partition coefficient (Wildman–Crippen LogP) is 3.92. The molecule has 0 saturated heterocycles. The molecule has 4 heteroatoms. The number of aromatic nitrogens is 1. The second-order valence-corrected chi connectivity index (χ2v) is 5.08. The summed E-state index contributed by atoms with van der Waals surface area (Å²) in [5.41, 5.74) is 9.18. The van der Waals surface area contributed by atoms with Gasteiger partial charge in [-0.15, -0.1) is 0 Å². The van der Waals surface area contributed by atoms with Crippen LogP contribution in [0.25, 0.3) is 0 Å². The van der Waals surface area contributed by atoms with Gasteiger partial charge < -0.3 is 11.1 Å².